The number of aliphatic hydroxyl groups is 1. The Labute approximate surface area is 243 Å². The molecule has 0 fully saturated rings. The number of hydrogen-bond donors (Lipinski definition) is 3. The highest BCUT2D eigenvalue weighted by Crippen LogP contribution is 2.34. The average Bonchev–Trinajstić information content (AvgIpc) is 3.39. The van der Waals surface area contributed by atoms with Crippen LogP contribution in [0.1, 0.15) is 65.3 Å². The van der Waals surface area contributed by atoms with Gasteiger partial charge in [0.15, 0.2) is 5.82 Å². The van der Waals surface area contributed by atoms with Crippen LogP contribution >= 0.6 is 0 Å². The number of amides is 1. The predicted octanol–water partition coefficient (Wildman–Crippen LogP) is 5.73. The quantitative estimate of drug-likeness (QED) is 0.234. The van der Waals surface area contributed by atoms with Crippen molar-refractivity contribution in [3.8, 4) is 24.2 Å². The summed E-state index contributed by atoms with van der Waals surface area (Å²) in [6, 6.07) is 13.3. The summed E-state index contributed by atoms with van der Waals surface area (Å²) < 4.78 is 38.6. The van der Waals surface area contributed by atoms with Crippen molar-refractivity contribution in [2.75, 3.05) is 26.9 Å². The number of rotatable bonds is 8. The van der Waals surface area contributed by atoms with Gasteiger partial charge in [0.25, 0.3) is 0 Å². The van der Waals surface area contributed by atoms with Gasteiger partial charge in [-0.15, -0.1) is 12.8 Å². The molecule has 2 aromatic carbocycles. The van der Waals surface area contributed by atoms with Gasteiger partial charge in [-0.3, -0.25) is 9.18 Å². The number of nitrogens with two attached hydrogens (primary N) is 1. The molecule has 0 radical (unpaired) electrons. The van der Waals surface area contributed by atoms with E-state index in [0.29, 0.717) is 38.2 Å². The van der Waals surface area contributed by atoms with Crippen LogP contribution in [0, 0.1) is 29.9 Å². The number of terminal acetylenes is 1. The predicted molar refractivity (Wildman–Crippen MR) is 161 cm³/mol. The van der Waals surface area contributed by atoms with E-state index in [0.717, 1.165) is 23.9 Å². The molecule has 1 aromatic heterocycles. The molecule has 4 N–H and O–H groups in total. The second-order valence-electron chi connectivity index (χ2n) is 9.33. The topological polar surface area (TPSA) is 106 Å². The van der Waals surface area contributed by atoms with E-state index < -0.39 is 18.2 Å². The third-order valence-corrected chi connectivity index (χ3v) is 5.53. The van der Waals surface area contributed by atoms with Gasteiger partial charge < -0.3 is 16.2 Å². The highest BCUT2D eigenvalue weighted by Gasteiger charge is 2.27. The Morgan fingerprint density at radius 1 is 1.07 bits per heavy atom. The first-order valence-corrected chi connectivity index (χ1v) is 13.3. The lowest BCUT2D eigenvalue weighted by Crippen LogP contribution is -2.28. The lowest BCUT2D eigenvalue weighted by Gasteiger charge is -2.26. The van der Waals surface area contributed by atoms with Crippen LogP contribution in [-0.4, -0.2) is 52.7 Å². The number of aromatic nitrogens is 3. The minimum absolute atomic E-state index is 0.0219. The smallest absolute Gasteiger partial charge is 0.245 e. The summed E-state index contributed by atoms with van der Waals surface area (Å²) in [6.45, 7) is 13.7. The van der Waals surface area contributed by atoms with Crippen molar-refractivity contribution in [3.63, 3.8) is 0 Å². The average molecular weight is 578 g/mol. The minimum atomic E-state index is -0.634. The molecule has 1 amide bonds. The Morgan fingerprint density at radius 2 is 1.61 bits per heavy atom. The molecule has 0 aliphatic rings. The van der Waals surface area contributed by atoms with Crippen molar-refractivity contribution >= 4 is 5.91 Å². The van der Waals surface area contributed by atoms with Crippen molar-refractivity contribution < 1.29 is 23.1 Å². The maximum Gasteiger partial charge on any atom is 0.245 e. The molecule has 1 atom stereocenters. The molecule has 10 heteroatoms. The summed E-state index contributed by atoms with van der Waals surface area (Å²) in [5, 5.41) is 15.2. The van der Waals surface area contributed by atoms with Crippen molar-refractivity contribution in [2.24, 2.45) is 11.1 Å². The van der Waals surface area contributed by atoms with Crippen molar-refractivity contribution in [1.82, 2.24) is 20.1 Å². The van der Waals surface area contributed by atoms with Crippen LogP contribution in [-0.2, 0) is 11.3 Å². The maximum absolute atomic E-state index is 13.6. The molecule has 228 valence electrons. The van der Waals surface area contributed by atoms with Crippen LogP contribution < -0.4 is 11.1 Å². The molecule has 7 nitrogen and oxygen atoms in total. The molecule has 1 heterocycles. The molecule has 3 aromatic rings. The van der Waals surface area contributed by atoms with Gasteiger partial charge in [0.05, 0.1) is 13.7 Å². The molecule has 0 saturated carbocycles. The number of benzene rings is 2. The lowest BCUT2D eigenvalue weighted by molar-refractivity contribution is -0.123. The Morgan fingerprint density at radius 3 is 2.07 bits per heavy atom. The summed E-state index contributed by atoms with van der Waals surface area (Å²) in [5.41, 5.74) is 6.56. The number of hydrogen-bond acceptors (Lipinski definition) is 5. The Kier molecular flexibility index (Phi) is 21.2. The molecule has 0 saturated heterocycles. The second kappa shape index (κ2) is 22.1. The highest BCUT2D eigenvalue weighted by atomic mass is 19.1. The number of nitrogens with one attached hydrogen (secondary N) is 1. The summed E-state index contributed by atoms with van der Waals surface area (Å²) in [6.07, 6.45) is 8.76. The van der Waals surface area contributed by atoms with E-state index in [4.69, 9.17) is 10.8 Å². The highest BCUT2D eigenvalue weighted by molar-refractivity contribution is 5.76. The fraction of sp³-hybridized carbons (Fsp3) is 0.452. The number of carbonyl (C=O) groups excluding carboxylic acids is 1. The first-order valence-electron chi connectivity index (χ1n) is 13.3. The van der Waals surface area contributed by atoms with Gasteiger partial charge in [-0.25, -0.2) is 18.4 Å². The molecule has 0 unspecified atom stereocenters. The number of carbonyl (C=O) groups is 1. The van der Waals surface area contributed by atoms with E-state index in [1.807, 2.05) is 48.9 Å². The second-order valence-corrected chi connectivity index (χ2v) is 9.33. The van der Waals surface area contributed by atoms with E-state index in [1.165, 1.54) is 12.1 Å². The molecular weight excluding hydrogens is 531 g/mol. The molecule has 3 rings (SSSR count). The number of halogens is 3. The summed E-state index contributed by atoms with van der Waals surface area (Å²) in [7, 11) is 0.500. The number of alkyl halides is 1. The van der Waals surface area contributed by atoms with Crippen molar-refractivity contribution in [3.05, 3.63) is 71.6 Å². The molecule has 0 bridgehead atoms. The lowest BCUT2D eigenvalue weighted by atomic mass is 9.81. The van der Waals surface area contributed by atoms with Gasteiger partial charge in [0, 0.05) is 24.1 Å². The first-order chi connectivity index (χ1) is 19.5. The van der Waals surface area contributed by atoms with Crippen LogP contribution in [0.4, 0.5) is 13.2 Å². The Balaban J connectivity index is 0. The summed E-state index contributed by atoms with van der Waals surface area (Å²) in [5.74, 6) is -0.351. The van der Waals surface area contributed by atoms with E-state index in [-0.39, 0.29) is 17.2 Å². The standard InChI is InChI=1S/C21H23F2N3.C5H12N2O2.C2H6.C2H2.CH3F/c1-14(21(2,3)4)20-24-19(16-10-17(22)12-18(23)11-16)25-26(20)13-15-8-6-5-7-9-15;6-2-1-3-7-5(9)4-8;3*1-2/h5-12,14H,13H2,1-4H3;8H,1-4,6H2,(H,7,9);1-2H3;1-2H;1H3/t14-;;;;/m0..../s1. The monoisotopic (exact) mass is 577 g/mol. The molecule has 41 heavy (non-hydrogen) atoms. The van der Waals surface area contributed by atoms with Crippen LogP contribution in [0.3, 0.4) is 0 Å². The van der Waals surface area contributed by atoms with E-state index >= 15 is 0 Å². The minimum Gasteiger partial charge on any atom is -0.387 e. The van der Waals surface area contributed by atoms with Crippen LogP contribution in [0.2, 0.25) is 0 Å². The fourth-order valence-electron chi connectivity index (χ4n) is 3.13. The zero-order valence-electron chi connectivity index (χ0n) is 25.3. The van der Waals surface area contributed by atoms with Gasteiger partial charge in [-0.2, -0.15) is 5.10 Å². The van der Waals surface area contributed by atoms with Crippen LogP contribution in [0.25, 0.3) is 11.4 Å². The van der Waals surface area contributed by atoms with E-state index in [2.05, 4.69) is 55.9 Å². The Bertz CT molecular complexity index is 1110. The molecular formula is C31H46F3N5O2. The zero-order chi connectivity index (χ0) is 32.0. The van der Waals surface area contributed by atoms with E-state index in [1.54, 1.807) is 0 Å². The third kappa shape index (κ3) is 15.0. The molecule has 0 aliphatic heterocycles. The normalized spacial score (nSPS) is 10.6. The van der Waals surface area contributed by atoms with Gasteiger partial charge >= 0.3 is 0 Å². The summed E-state index contributed by atoms with van der Waals surface area (Å²) >= 11 is 0. The van der Waals surface area contributed by atoms with Crippen LogP contribution in [0.5, 0.6) is 0 Å². The van der Waals surface area contributed by atoms with Crippen molar-refractivity contribution in [2.45, 2.75) is 60.4 Å². The largest absolute Gasteiger partial charge is 0.387 e. The zero-order valence-corrected chi connectivity index (χ0v) is 25.3. The SMILES string of the molecule is C#C.CC.CF.C[C@@H](c1nc(-c2cc(F)cc(F)c2)nn1Cc1ccccc1)C(C)(C)C.NCCCNC(=O)CO. The third-order valence-electron chi connectivity index (χ3n) is 5.53. The van der Waals surface area contributed by atoms with Gasteiger partial charge in [0.2, 0.25) is 5.91 Å². The first kappa shape index (κ1) is 39.5. The van der Waals surface area contributed by atoms with Gasteiger partial charge in [-0.1, -0.05) is 71.9 Å². The van der Waals surface area contributed by atoms with Crippen molar-refractivity contribution in [1.29, 1.82) is 0 Å². The fourth-order valence-corrected chi connectivity index (χ4v) is 3.13. The van der Waals surface area contributed by atoms with Crippen LogP contribution in [0.15, 0.2) is 48.5 Å². The van der Waals surface area contributed by atoms with Gasteiger partial charge in [0.1, 0.15) is 24.1 Å². The molecule has 0 spiro atoms. The molecule has 0 aliphatic carbocycles. The number of aliphatic hydroxyl groups excluding tert-OH is 1. The Hall–Kier alpha value is -3.68. The summed E-state index contributed by atoms with van der Waals surface area (Å²) in [4.78, 5) is 14.9. The maximum atomic E-state index is 13.6. The van der Waals surface area contributed by atoms with E-state index in [9.17, 15) is 18.0 Å². The number of nitrogens with zero attached hydrogens (tertiary/aromatic N) is 3. The van der Waals surface area contributed by atoms with Gasteiger partial charge in [-0.05, 0) is 36.1 Å².